The van der Waals surface area contributed by atoms with E-state index in [0.29, 0.717) is 5.69 Å². The lowest BCUT2D eigenvalue weighted by molar-refractivity contribution is -0.146. The van der Waals surface area contributed by atoms with E-state index in [-0.39, 0.29) is 12.6 Å². The van der Waals surface area contributed by atoms with E-state index in [0.717, 1.165) is 11.1 Å². The summed E-state index contributed by atoms with van der Waals surface area (Å²) in [5, 5.41) is 0. The molecule has 0 saturated heterocycles. The average Bonchev–Trinajstić information content (AvgIpc) is 2.53. The quantitative estimate of drug-likeness (QED) is 0.479. The Morgan fingerprint density at radius 3 is 2.67 bits per heavy atom. The first-order valence-corrected chi connectivity index (χ1v) is 6.59. The van der Waals surface area contributed by atoms with Crippen LogP contribution in [0, 0.1) is 0 Å². The molecule has 0 N–H and O–H groups in total. The summed E-state index contributed by atoms with van der Waals surface area (Å²) in [5.74, 6) is -0.735. The molecule has 1 atom stereocenters. The molecular weight excluding hydrogens is 266 g/mol. The summed E-state index contributed by atoms with van der Waals surface area (Å²) in [5.41, 5.74) is 2.17. The zero-order valence-electron chi connectivity index (χ0n) is 11.7. The van der Waals surface area contributed by atoms with Gasteiger partial charge in [-0.15, -0.1) is 0 Å². The van der Waals surface area contributed by atoms with E-state index in [1.807, 2.05) is 30.3 Å². The van der Waals surface area contributed by atoms with Crippen molar-refractivity contribution in [1.29, 1.82) is 0 Å². The Morgan fingerprint density at radius 1 is 1.19 bits per heavy atom. The lowest BCUT2D eigenvalue weighted by Gasteiger charge is -2.12. The summed E-state index contributed by atoms with van der Waals surface area (Å²) in [7, 11) is 0. The fraction of sp³-hybridized carbons (Fsp3) is 0.176. The fourth-order valence-electron chi connectivity index (χ4n) is 1.91. The van der Waals surface area contributed by atoms with Gasteiger partial charge in [-0.25, -0.2) is 4.79 Å². The van der Waals surface area contributed by atoms with Gasteiger partial charge in [-0.3, -0.25) is 4.79 Å². The second-order valence-corrected chi connectivity index (χ2v) is 4.61. The summed E-state index contributed by atoms with van der Waals surface area (Å²) in [6.07, 6.45) is 1.48. The van der Waals surface area contributed by atoms with Crippen LogP contribution in [0.2, 0.25) is 0 Å². The Balaban J connectivity index is 2.02. The normalized spacial score (nSPS) is 11.3. The van der Waals surface area contributed by atoms with E-state index >= 15 is 0 Å². The van der Waals surface area contributed by atoms with Gasteiger partial charge in [0.05, 0.1) is 11.6 Å². The van der Waals surface area contributed by atoms with Crippen molar-refractivity contribution in [1.82, 2.24) is 0 Å². The van der Waals surface area contributed by atoms with E-state index in [4.69, 9.17) is 4.74 Å². The number of ether oxygens (including phenoxy) is 1. The second-order valence-electron chi connectivity index (χ2n) is 4.61. The maximum atomic E-state index is 12.1. The molecule has 0 heterocycles. The van der Waals surface area contributed by atoms with Gasteiger partial charge in [-0.05, 0) is 30.2 Å². The molecule has 21 heavy (non-hydrogen) atoms. The summed E-state index contributed by atoms with van der Waals surface area (Å²) < 4.78 is 5.30. The van der Waals surface area contributed by atoms with Gasteiger partial charge >= 0.3 is 5.97 Å². The van der Waals surface area contributed by atoms with Crippen LogP contribution >= 0.6 is 0 Å². The van der Waals surface area contributed by atoms with Crippen LogP contribution in [0.3, 0.4) is 0 Å². The van der Waals surface area contributed by atoms with E-state index in [1.54, 1.807) is 31.2 Å². The number of aliphatic imine (C=N–C) groups is 1. The molecule has 0 amide bonds. The Morgan fingerprint density at radius 2 is 1.95 bits per heavy atom. The van der Waals surface area contributed by atoms with Crippen molar-refractivity contribution in [2.45, 2.75) is 19.4 Å². The molecule has 4 nitrogen and oxygen atoms in total. The van der Waals surface area contributed by atoms with Crippen molar-refractivity contribution in [3.05, 3.63) is 65.7 Å². The van der Waals surface area contributed by atoms with Gasteiger partial charge in [-0.2, -0.15) is 4.99 Å². The molecule has 0 aliphatic carbocycles. The highest BCUT2D eigenvalue weighted by Crippen LogP contribution is 2.22. The Bertz CT molecular complexity index is 661. The minimum absolute atomic E-state index is 0.246. The number of carbonyl (C=O) groups is 1. The van der Waals surface area contributed by atoms with Gasteiger partial charge in [0.25, 0.3) is 0 Å². The van der Waals surface area contributed by atoms with Crippen LogP contribution < -0.4 is 0 Å². The lowest BCUT2D eigenvalue weighted by atomic mass is 10.0. The van der Waals surface area contributed by atoms with Crippen LogP contribution in [0.5, 0.6) is 0 Å². The molecule has 0 bridgehead atoms. The van der Waals surface area contributed by atoms with Crippen molar-refractivity contribution in [2.75, 3.05) is 0 Å². The summed E-state index contributed by atoms with van der Waals surface area (Å²) in [4.78, 5) is 25.9. The molecule has 0 radical (unpaired) electrons. The van der Waals surface area contributed by atoms with Crippen LogP contribution in [-0.2, 0) is 20.9 Å². The van der Waals surface area contributed by atoms with Gasteiger partial charge in [0.1, 0.15) is 6.61 Å². The summed E-state index contributed by atoms with van der Waals surface area (Å²) >= 11 is 0. The molecule has 2 aromatic rings. The topological polar surface area (TPSA) is 55.7 Å². The fourth-order valence-corrected chi connectivity index (χ4v) is 1.91. The molecular formula is C17H15NO3. The molecule has 0 aliphatic rings. The van der Waals surface area contributed by atoms with Gasteiger partial charge in [0.15, 0.2) is 0 Å². The predicted molar refractivity (Wildman–Crippen MR) is 78.9 cm³/mol. The first kappa shape index (κ1) is 14.7. The van der Waals surface area contributed by atoms with Gasteiger partial charge < -0.3 is 4.74 Å². The van der Waals surface area contributed by atoms with Crippen molar-refractivity contribution in [3.63, 3.8) is 0 Å². The van der Waals surface area contributed by atoms with Crippen LogP contribution in [0.25, 0.3) is 0 Å². The van der Waals surface area contributed by atoms with Gasteiger partial charge in [-0.1, -0.05) is 42.5 Å². The van der Waals surface area contributed by atoms with Crippen LogP contribution in [0.1, 0.15) is 24.0 Å². The number of hydrogen-bond donors (Lipinski definition) is 0. The van der Waals surface area contributed by atoms with E-state index < -0.39 is 5.92 Å². The Kier molecular flexibility index (Phi) is 5.02. The van der Waals surface area contributed by atoms with Gasteiger partial charge in [0.2, 0.25) is 6.08 Å². The van der Waals surface area contributed by atoms with Crippen LogP contribution in [0.15, 0.2) is 59.6 Å². The predicted octanol–water partition coefficient (Wildman–Crippen LogP) is 3.50. The van der Waals surface area contributed by atoms with E-state index in [9.17, 15) is 9.59 Å². The smallest absolute Gasteiger partial charge is 0.313 e. The third kappa shape index (κ3) is 4.13. The molecule has 0 unspecified atom stereocenters. The summed E-state index contributed by atoms with van der Waals surface area (Å²) in [6, 6.07) is 16.4. The second kappa shape index (κ2) is 7.17. The third-order valence-corrected chi connectivity index (χ3v) is 3.12. The number of esters is 1. The lowest BCUT2D eigenvalue weighted by Crippen LogP contribution is -2.13. The highest BCUT2D eigenvalue weighted by atomic mass is 16.5. The van der Waals surface area contributed by atoms with Gasteiger partial charge in [0, 0.05) is 0 Å². The monoisotopic (exact) mass is 281 g/mol. The molecule has 2 rings (SSSR count). The highest BCUT2D eigenvalue weighted by molar-refractivity contribution is 5.78. The third-order valence-electron chi connectivity index (χ3n) is 3.12. The average molecular weight is 281 g/mol. The largest absolute Gasteiger partial charge is 0.460 e. The molecule has 4 heteroatoms. The number of nitrogens with zero attached hydrogens (tertiary/aromatic N) is 1. The molecule has 0 spiro atoms. The zero-order chi connectivity index (χ0) is 15.1. The zero-order valence-corrected chi connectivity index (χ0v) is 11.7. The molecule has 0 aromatic heterocycles. The minimum Gasteiger partial charge on any atom is -0.460 e. The van der Waals surface area contributed by atoms with Crippen molar-refractivity contribution < 1.29 is 14.3 Å². The first-order chi connectivity index (χ1) is 10.2. The molecule has 0 fully saturated rings. The van der Waals surface area contributed by atoms with Crippen molar-refractivity contribution in [3.8, 4) is 0 Å². The van der Waals surface area contributed by atoms with Crippen molar-refractivity contribution >= 4 is 17.7 Å². The number of isocyanates is 1. The maximum absolute atomic E-state index is 12.1. The SMILES string of the molecule is C[C@H](C(=O)OCc1ccccc1)c1cccc(N=C=O)c1. The molecule has 0 aliphatic heterocycles. The van der Waals surface area contributed by atoms with E-state index in [1.165, 1.54) is 6.08 Å². The number of hydrogen-bond acceptors (Lipinski definition) is 4. The standard InChI is InChI=1S/C17H15NO3/c1-13(15-8-5-9-16(10-15)18-12-19)17(20)21-11-14-6-3-2-4-7-14/h2-10,13H,11H2,1H3/t13-/m0/s1. The Labute approximate surface area is 123 Å². The first-order valence-electron chi connectivity index (χ1n) is 6.59. The number of rotatable bonds is 5. The molecule has 106 valence electrons. The summed E-state index contributed by atoms with van der Waals surface area (Å²) in [6.45, 7) is 2.01. The van der Waals surface area contributed by atoms with Crippen LogP contribution in [-0.4, -0.2) is 12.0 Å². The number of benzene rings is 2. The Hall–Kier alpha value is -2.71. The minimum atomic E-state index is -0.421. The molecule has 0 saturated carbocycles. The maximum Gasteiger partial charge on any atom is 0.313 e. The number of carbonyl (C=O) groups excluding carboxylic acids is 2. The van der Waals surface area contributed by atoms with E-state index in [2.05, 4.69) is 4.99 Å². The van der Waals surface area contributed by atoms with Crippen molar-refractivity contribution in [2.24, 2.45) is 4.99 Å². The molecule has 2 aromatic carbocycles. The van der Waals surface area contributed by atoms with Crippen LogP contribution in [0.4, 0.5) is 5.69 Å². The highest BCUT2D eigenvalue weighted by Gasteiger charge is 2.17.